The molecule has 0 bridgehead atoms. The second kappa shape index (κ2) is 7.29. The van der Waals surface area contributed by atoms with Crippen LogP contribution >= 0.6 is 0 Å². The van der Waals surface area contributed by atoms with Crippen LogP contribution in [0.4, 0.5) is 0 Å². The van der Waals surface area contributed by atoms with E-state index in [1.54, 1.807) is 0 Å². The van der Waals surface area contributed by atoms with E-state index >= 15 is 0 Å². The number of hydrogen-bond acceptors (Lipinski definition) is 2. The lowest BCUT2D eigenvalue weighted by Gasteiger charge is -2.36. The predicted octanol–water partition coefficient (Wildman–Crippen LogP) is 2.87. The third-order valence-corrected chi connectivity index (χ3v) is 4.11. The maximum atomic E-state index is 5.84. The van der Waals surface area contributed by atoms with Gasteiger partial charge in [-0.15, -0.1) is 0 Å². The largest absolute Gasteiger partial charge is 0.330 e. The van der Waals surface area contributed by atoms with Crippen molar-refractivity contribution in [1.29, 1.82) is 0 Å². The summed E-state index contributed by atoms with van der Waals surface area (Å²) in [6.07, 6.45) is 8.17. The van der Waals surface area contributed by atoms with Gasteiger partial charge in [0.05, 0.1) is 0 Å². The zero-order valence-corrected chi connectivity index (χ0v) is 11.4. The van der Waals surface area contributed by atoms with Gasteiger partial charge in [0.15, 0.2) is 0 Å². The van der Waals surface area contributed by atoms with Crippen LogP contribution < -0.4 is 5.73 Å². The Hall–Kier alpha value is -0.0800. The number of rotatable bonds is 6. The standard InChI is InChI=1S/C14H30N2/c1-4-6-13(10-15)11-16(3)14-8-5-7-12(2)9-14/h12-14H,4-11,15H2,1-3H3. The summed E-state index contributed by atoms with van der Waals surface area (Å²) in [5.41, 5.74) is 5.84. The highest BCUT2D eigenvalue weighted by molar-refractivity contribution is 4.78. The number of nitrogens with zero attached hydrogens (tertiary/aromatic N) is 1. The zero-order valence-electron chi connectivity index (χ0n) is 11.4. The van der Waals surface area contributed by atoms with Gasteiger partial charge >= 0.3 is 0 Å². The van der Waals surface area contributed by atoms with E-state index in [2.05, 4.69) is 25.8 Å². The molecule has 1 aliphatic carbocycles. The first kappa shape index (κ1) is 14.0. The molecule has 0 amide bonds. The average Bonchev–Trinajstić information content (AvgIpc) is 2.28. The van der Waals surface area contributed by atoms with Crippen molar-refractivity contribution in [2.75, 3.05) is 20.1 Å². The molecule has 0 aromatic heterocycles. The summed E-state index contributed by atoms with van der Waals surface area (Å²) in [5, 5.41) is 0. The van der Waals surface area contributed by atoms with Gasteiger partial charge in [-0.1, -0.05) is 33.1 Å². The quantitative estimate of drug-likeness (QED) is 0.754. The third kappa shape index (κ3) is 4.42. The average molecular weight is 226 g/mol. The Morgan fingerprint density at radius 3 is 2.69 bits per heavy atom. The fourth-order valence-corrected chi connectivity index (χ4v) is 3.05. The molecule has 16 heavy (non-hydrogen) atoms. The minimum atomic E-state index is 0.701. The molecule has 0 aromatic rings. The van der Waals surface area contributed by atoms with Crippen LogP contribution in [0.1, 0.15) is 52.4 Å². The van der Waals surface area contributed by atoms with E-state index in [0.29, 0.717) is 5.92 Å². The molecule has 2 heteroatoms. The van der Waals surface area contributed by atoms with Gasteiger partial charge in [-0.3, -0.25) is 0 Å². The molecule has 2 N–H and O–H groups in total. The fourth-order valence-electron chi connectivity index (χ4n) is 3.05. The van der Waals surface area contributed by atoms with Crippen LogP contribution in [0.2, 0.25) is 0 Å². The Labute approximate surface area is 102 Å². The summed E-state index contributed by atoms with van der Waals surface area (Å²) >= 11 is 0. The molecule has 3 unspecified atom stereocenters. The molecule has 0 saturated heterocycles. The minimum absolute atomic E-state index is 0.701. The van der Waals surface area contributed by atoms with E-state index in [9.17, 15) is 0 Å². The molecule has 1 aliphatic rings. The van der Waals surface area contributed by atoms with Gasteiger partial charge in [0.25, 0.3) is 0 Å². The fraction of sp³-hybridized carbons (Fsp3) is 1.00. The predicted molar refractivity (Wildman–Crippen MR) is 71.5 cm³/mol. The van der Waals surface area contributed by atoms with Crippen LogP contribution in [0.15, 0.2) is 0 Å². The topological polar surface area (TPSA) is 29.3 Å². The lowest BCUT2D eigenvalue weighted by atomic mass is 9.86. The summed E-state index contributed by atoms with van der Waals surface area (Å²) in [6.45, 7) is 6.69. The van der Waals surface area contributed by atoms with Crippen molar-refractivity contribution >= 4 is 0 Å². The molecular weight excluding hydrogens is 196 g/mol. The molecular formula is C14H30N2. The van der Waals surface area contributed by atoms with Crippen molar-refractivity contribution in [2.24, 2.45) is 17.6 Å². The first-order valence-corrected chi connectivity index (χ1v) is 7.07. The third-order valence-electron chi connectivity index (χ3n) is 4.11. The Balaban J connectivity index is 2.34. The van der Waals surface area contributed by atoms with Crippen LogP contribution in [-0.2, 0) is 0 Å². The van der Waals surface area contributed by atoms with Gasteiger partial charge < -0.3 is 10.6 Å². The smallest absolute Gasteiger partial charge is 0.00948 e. The molecule has 0 heterocycles. The van der Waals surface area contributed by atoms with E-state index in [1.165, 1.54) is 45.1 Å². The van der Waals surface area contributed by atoms with E-state index in [-0.39, 0.29) is 0 Å². The maximum absolute atomic E-state index is 5.84. The van der Waals surface area contributed by atoms with Gasteiger partial charge in [0.2, 0.25) is 0 Å². The molecule has 1 rings (SSSR count). The second-order valence-corrected chi connectivity index (χ2v) is 5.76. The van der Waals surface area contributed by atoms with E-state index in [4.69, 9.17) is 5.73 Å². The van der Waals surface area contributed by atoms with E-state index in [0.717, 1.165) is 18.5 Å². The Morgan fingerprint density at radius 1 is 1.38 bits per heavy atom. The Bertz CT molecular complexity index is 182. The van der Waals surface area contributed by atoms with Crippen molar-refractivity contribution in [3.63, 3.8) is 0 Å². The Morgan fingerprint density at radius 2 is 2.12 bits per heavy atom. The molecule has 1 fully saturated rings. The SMILES string of the molecule is CCCC(CN)CN(C)C1CCCC(C)C1. The van der Waals surface area contributed by atoms with E-state index < -0.39 is 0 Å². The van der Waals surface area contributed by atoms with Gasteiger partial charge in [-0.05, 0) is 44.7 Å². The molecule has 0 radical (unpaired) electrons. The van der Waals surface area contributed by atoms with Gasteiger partial charge in [-0.2, -0.15) is 0 Å². The van der Waals surface area contributed by atoms with Crippen molar-refractivity contribution in [3.05, 3.63) is 0 Å². The number of nitrogens with two attached hydrogens (primary N) is 1. The molecule has 1 saturated carbocycles. The minimum Gasteiger partial charge on any atom is -0.330 e. The monoisotopic (exact) mass is 226 g/mol. The molecule has 96 valence electrons. The zero-order chi connectivity index (χ0) is 12.0. The molecule has 3 atom stereocenters. The first-order chi connectivity index (χ1) is 7.67. The van der Waals surface area contributed by atoms with E-state index in [1.807, 2.05) is 0 Å². The Kier molecular flexibility index (Phi) is 6.37. The van der Waals surface area contributed by atoms with Crippen molar-refractivity contribution < 1.29 is 0 Å². The molecule has 0 spiro atoms. The lowest BCUT2D eigenvalue weighted by Crippen LogP contribution is -2.40. The highest BCUT2D eigenvalue weighted by Crippen LogP contribution is 2.27. The van der Waals surface area contributed by atoms with Crippen LogP contribution in [0, 0.1) is 11.8 Å². The first-order valence-electron chi connectivity index (χ1n) is 7.07. The molecule has 2 nitrogen and oxygen atoms in total. The van der Waals surface area contributed by atoms with Crippen molar-refractivity contribution in [2.45, 2.75) is 58.4 Å². The molecule has 0 aromatic carbocycles. The highest BCUT2D eigenvalue weighted by Gasteiger charge is 2.23. The maximum Gasteiger partial charge on any atom is 0.00948 e. The van der Waals surface area contributed by atoms with Crippen LogP contribution in [-0.4, -0.2) is 31.1 Å². The highest BCUT2D eigenvalue weighted by atomic mass is 15.1. The van der Waals surface area contributed by atoms with Gasteiger partial charge in [-0.25, -0.2) is 0 Å². The summed E-state index contributed by atoms with van der Waals surface area (Å²) in [6, 6.07) is 0.814. The lowest BCUT2D eigenvalue weighted by molar-refractivity contribution is 0.142. The van der Waals surface area contributed by atoms with Gasteiger partial charge in [0, 0.05) is 12.6 Å². The van der Waals surface area contributed by atoms with Gasteiger partial charge in [0.1, 0.15) is 0 Å². The normalized spacial score (nSPS) is 28.3. The summed E-state index contributed by atoms with van der Waals surface area (Å²) in [7, 11) is 2.29. The number of hydrogen-bond donors (Lipinski definition) is 1. The summed E-state index contributed by atoms with van der Waals surface area (Å²) in [5.74, 6) is 1.62. The summed E-state index contributed by atoms with van der Waals surface area (Å²) < 4.78 is 0. The molecule has 0 aliphatic heterocycles. The van der Waals surface area contributed by atoms with Crippen LogP contribution in [0.25, 0.3) is 0 Å². The van der Waals surface area contributed by atoms with Crippen LogP contribution in [0.3, 0.4) is 0 Å². The van der Waals surface area contributed by atoms with Crippen LogP contribution in [0.5, 0.6) is 0 Å². The van der Waals surface area contributed by atoms with Crippen molar-refractivity contribution in [1.82, 2.24) is 4.90 Å². The summed E-state index contributed by atoms with van der Waals surface area (Å²) in [4.78, 5) is 2.57. The second-order valence-electron chi connectivity index (χ2n) is 5.76. The van der Waals surface area contributed by atoms with Crippen molar-refractivity contribution in [3.8, 4) is 0 Å².